The van der Waals surface area contributed by atoms with Gasteiger partial charge in [-0.05, 0) is 17.7 Å². The molecule has 0 saturated heterocycles. The number of carbonyl (C=O) groups is 2. The molecule has 4 heteroatoms. The average molecular weight is 348 g/mol. The summed E-state index contributed by atoms with van der Waals surface area (Å²) in [5.41, 5.74) is 3.21. The molecule has 0 aliphatic heterocycles. The van der Waals surface area contributed by atoms with Crippen LogP contribution in [-0.2, 0) is 6.54 Å². The molecular weight excluding hydrogens is 334 g/mol. The largest absolute Gasteiger partial charge is 0.380 e. The number of rotatable bonds is 3. The average Bonchev–Trinajstić information content (AvgIpc) is 2.65. The summed E-state index contributed by atoms with van der Waals surface area (Å²) >= 11 is 6.16. The number of benzene rings is 3. The van der Waals surface area contributed by atoms with E-state index in [0.29, 0.717) is 39.5 Å². The molecule has 0 heterocycles. The van der Waals surface area contributed by atoms with Gasteiger partial charge in [-0.3, -0.25) is 9.59 Å². The van der Waals surface area contributed by atoms with Gasteiger partial charge in [0, 0.05) is 23.4 Å². The molecule has 0 saturated carbocycles. The number of nitrogens with one attached hydrogen (secondary N) is 1. The monoisotopic (exact) mass is 347 g/mol. The van der Waals surface area contributed by atoms with Crippen molar-refractivity contribution in [2.24, 2.45) is 0 Å². The highest BCUT2D eigenvalue weighted by molar-refractivity contribution is 6.39. The Morgan fingerprint density at radius 1 is 0.720 bits per heavy atom. The van der Waals surface area contributed by atoms with Gasteiger partial charge in [-0.25, -0.2) is 0 Å². The first-order valence-corrected chi connectivity index (χ1v) is 8.33. The highest BCUT2D eigenvalue weighted by Gasteiger charge is 2.32. The van der Waals surface area contributed by atoms with E-state index >= 15 is 0 Å². The third-order valence-corrected chi connectivity index (χ3v) is 4.66. The zero-order valence-corrected chi connectivity index (χ0v) is 14.0. The molecular formula is C21H14ClNO2. The van der Waals surface area contributed by atoms with Gasteiger partial charge in [0.05, 0.1) is 16.1 Å². The highest BCUT2D eigenvalue weighted by Crippen LogP contribution is 2.35. The number of ketones is 2. The van der Waals surface area contributed by atoms with E-state index in [1.165, 1.54) is 0 Å². The number of hydrogen-bond donors (Lipinski definition) is 1. The second kappa shape index (κ2) is 6.19. The Balaban J connectivity index is 1.76. The molecule has 0 fully saturated rings. The fraction of sp³-hybridized carbons (Fsp3) is 0.0476. The van der Waals surface area contributed by atoms with Crippen LogP contribution in [0.15, 0.2) is 66.7 Å². The summed E-state index contributed by atoms with van der Waals surface area (Å²) in [5, 5.41) is 3.59. The lowest BCUT2D eigenvalue weighted by Gasteiger charge is -2.21. The molecule has 122 valence electrons. The van der Waals surface area contributed by atoms with Gasteiger partial charge >= 0.3 is 0 Å². The van der Waals surface area contributed by atoms with Crippen LogP contribution in [0.3, 0.4) is 0 Å². The van der Waals surface area contributed by atoms with Crippen molar-refractivity contribution in [2.45, 2.75) is 6.54 Å². The van der Waals surface area contributed by atoms with Crippen LogP contribution < -0.4 is 5.32 Å². The second-order valence-corrected chi connectivity index (χ2v) is 6.30. The van der Waals surface area contributed by atoms with Gasteiger partial charge in [-0.1, -0.05) is 66.2 Å². The predicted octanol–water partition coefficient (Wildman–Crippen LogP) is 4.73. The molecule has 0 amide bonds. The Labute approximate surface area is 150 Å². The van der Waals surface area contributed by atoms with Gasteiger partial charge in [0.15, 0.2) is 11.6 Å². The smallest absolute Gasteiger partial charge is 0.196 e. The van der Waals surface area contributed by atoms with Crippen molar-refractivity contribution in [3.8, 4) is 0 Å². The third-order valence-electron chi connectivity index (χ3n) is 4.35. The molecule has 3 aromatic rings. The molecule has 0 radical (unpaired) electrons. The van der Waals surface area contributed by atoms with Crippen LogP contribution in [0.1, 0.15) is 37.4 Å². The van der Waals surface area contributed by atoms with Gasteiger partial charge in [0.25, 0.3) is 0 Å². The zero-order chi connectivity index (χ0) is 17.4. The fourth-order valence-corrected chi connectivity index (χ4v) is 3.40. The first kappa shape index (κ1) is 15.6. The second-order valence-electron chi connectivity index (χ2n) is 5.89. The molecule has 0 aromatic heterocycles. The standard InChI is InChI=1S/C21H14ClNO2/c22-16-10-4-8-14-18(16)20(24)15-9-5-11-17(19(15)21(14)25)23-12-13-6-2-1-3-7-13/h1-11,23H,12H2. The molecule has 0 unspecified atom stereocenters. The highest BCUT2D eigenvalue weighted by atomic mass is 35.5. The summed E-state index contributed by atoms with van der Waals surface area (Å²) in [6.45, 7) is 0.571. The van der Waals surface area contributed by atoms with E-state index in [1.54, 1.807) is 30.3 Å². The van der Waals surface area contributed by atoms with E-state index in [4.69, 9.17) is 11.6 Å². The van der Waals surface area contributed by atoms with E-state index in [9.17, 15) is 9.59 Å². The normalized spacial score (nSPS) is 12.5. The lowest BCUT2D eigenvalue weighted by atomic mass is 9.83. The fourth-order valence-electron chi connectivity index (χ4n) is 3.14. The number of anilines is 1. The van der Waals surface area contributed by atoms with E-state index < -0.39 is 0 Å². The van der Waals surface area contributed by atoms with Crippen LogP contribution >= 0.6 is 11.6 Å². The SMILES string of the molecule is O=C1c2cccc(NCc3ccccc3)c2C(=O)c2cccc(Cl)c21. The van der Waals surface area contributed by atoms with Crippen LogP contribution in [0.4, 0.5) is 5.69 Å². The predicted molar refractivity (Wildman–Crippen MR) is 98.5 cm³/mol. The first-order chi connectivity index (χ1) is 12.2. The summed E-state index contributed by atoms with van der Waals surface area (Å²) in [7, 11) is 0. The number of halogens is 1. The maximum Gasteiger partial charge on any atom is 0.196 e. The molecule has 1 aliphatic rings. The third kappa shape index (κ3) is 2.63. The van der Waals surface area contributed by atoms with Crippen LogP contribution in [0.25, 0.3) is 0 Å². The first-order valence-electron chi connectivity index (χ1n) is 7.95. The van der Waals surface area contributed by atoms with Gasteiger partial charge in [0.2, 0.25) is 0 Å². The Bertz CT molecular complexity index is 996. The molecule has 4 rings (SSSR count). The van der Waals surface area contributed by atoms with Crippen LogP contribution in [0.5, 0.6) is 0 Å². The zero-order valence-electron chi connectivity index (χ0n) is 13.3. The number of hydrogen-bond acceptors (Lipinski definition) is 3. The summed E-state index contributed by atoms with van der Waals surface area (Å²) in [5.74, 6) is -0.387. The van der Waals surface area contributed by atoms with Gasteiger partial charge in [-0.15, -0.1) is 0 Å². The Morgan fingerprint density at radius 2 is 1.36 bits per heavy atom. The summed E-state index contributed by atoms with van der Waals surface area (Å²) in [6.07, 6.45) is 0. The topological polar surface area (TPSA) is 46.2 Å². The minimum Gasteiger partial charge on any atom is -0.380 e. The van der Waals surface area contributed by atoms with Crippen LogP contribution in [0, 0.1) is 0 Å². The number of carbonyl (C=O) groups excluding carboxylic acids is 2. The van der Waals surface area contributed by atoms with Crippen molar-refractivity contribution in [3.63, 3.8) is 0 Å². The molecule has 3 nitrogen and oxygen atoms in total. The summed E-state index contributed by atoms with van der Waals surface area (Å²) in [6, 6.07) is 20.1. The molecule has 25 heavy (non-hydrogen) atoms. The van der Waals surface area contributed by atoms with Gasteiger partial charge < -0.3 is 5.32 Å². The minimum absolute atomic E-state index is 0.178. The van der Waals surface area contributed by atoms with Gasteiger partial charge in [0.1, 0.15) is 0 Å². The van der Waals surface area contributed by atoms with E-state index in [0.717, 1.165) is 5.56 Å². The molecule has 0 spiro atoms. The van der Waals surface area contributed by atoms with Crippen molar-refractivity contribution < 1.29 is 9.59 Å². The van der Waals surface area contributed by atoms with Crippen LogP contribution in [-0.4, -0.2) is 11.6 Å². The van der Waals surface area contributed by atoms with Crippen molar-refractivity contribution in [1.29, 1.82) is 0 Å². The molecule has 0 atom stereocenters. The van der Waals surface area contributed by atoms with E-state index in [1.807, 2.05) is 36.4 Å². The minimum atomic E-state index is -0.210. The Hall–Kier alpha value is -2.91. The molecule has 1 N–H and O–H groups in total. The lowest BCUT2D eigenvalue weighted by Crippen LogP contribution is -2.23. The molecule has 0 bridgehead atoms. The molecule has 1 aliphatic carbocycles. The van der Waals surface area contributed by atoms with Crippen molar-refractivity contribution in [2.75, 3.05) is 5.32 Å². The Kier molecular flexibility index (Phi) is 3.86. The lowest BCUT2D eigenvalue weighted by molar-refractivity contribution is 0.0979. The van der Waals surface area contributed by atoms with Crippen molar-refractivity contribution in [1.82, 2.24) is 0 Å². The summed E-state index contributed by atoms with van der Waals surface area (Å²) in [4.78, 5) is 25.8. The maximum absolute atomic E-state index is 13.0. The maximum atomic E-state index is 13.0. The molecule has 3 aromatic carbocycles. The van der Waals surface area contributed by atoms with E-state index in [-0.39, 0.29) is 11.6 Å². The van der Waals surface area contributed by atoms with E-state index in [2.05, 4.69) is 5.32 Å². The van der Waals surface area contributed by atoms with Gasteiger partial charge in [-0.2, -0.15) is 0 Å². The quantitative estimate of drug-likeness (QED) is 0.583. The van der Waals surface area contributed by atoms with Crippen molar-refractivity contribution in [3.05, 3.63) is 99.6 Å². The summed E-state index contributed by atoms with van der Waals surface area (Å²) < 4.78 is 0. The van der Waals surface area contributed by atoms with Crippen molar-refractivity contribution >= 4 is 28.9 Å². The Morgan fingerprint density at radius 3 is 2.12 bits per heavy atom. The van der Waals surface area contributed by atoms with Crippen LogP contribution in [0.2, 0.25) is 5.02 Å². The number of fused-ring (bicyclic) bond motifs is 2.